The van der Waals surface area contributed by atoms with Gasteiger partial charge in [0.2, 0.25) is 0 Å². The second kappa shape index (κ2) is 8.17. The van der Waals surface area contributed by atoms with Crippen LogP contribution in [0.2, 0.25) is 5.02 Å². The highest BCUT2D eigenvalue weighted by atomic mass is 35.5. The normalized spacial score (nSPS) is 11.3. The fraction of sp³-hybridized carbons (Fsp3) is 0.273. The van der Waals surface area contributed by atoms with Gasteiger partial charge in [-0.05, 0) is 25.0 Å². The van der Waals surface area contributed by atoms with Gasteiger partial charge in [-0.1, -0.05) is 55.8 Å². The average molecular weight is 408 g/mol. The Morgan fingerprint density at radius 2 is 1.72 bits per heavy atom. The molecule has 0 saturated heterocycles. The minimum atomic E-state index is -0.124. The standard InChI is InChI=1S/C22H22ClN5O/c1-3-13-27(14-4-2)22(29)17-18(23)16-11-8-12-24-20(16)28-19(25-26-21(17)28)15-9-6-5-7-10-15/h5-12H,3-4,13-14H2,1-2H3. The maximum Gasteiger partial charge on any atom is 0.259 e. The first kappa shape index (κ1) is 19.3. The maximum atomic E-state index is 13.5. The van der Waals surface area contributed by atoms with E-state index >= 15 is 0 Å². The van der Waals surface area contributed by atoms with E-state index in [1.54, 1.807) is 6.20 Å². The average Bonchev–Trinajstić information content (AvgIpc) is 3.19. The molecule has 0 N–H and O–H groups in total. The second-order valence-electron chi connectivity index (χ2n) is 6.90. The number of benzene rings is 1. The van der Waals surface area contributed by atoms with Crippen LogP contribution in [0.3, 0.4) is 0 Å². The molecule has 0 atom stereocenters. The Hall–Kier alpha value is -2.99. The highest BCUT2D eigenvalue weighted by Crippen LogP contribution is 2.33. The lowest BCUT2D eigenvalue weighted by Gasteiger charge is -2.22. The summed E-state index contributed by atoms with van der Waals surface area (Å²) in [5.74, 6) is 0.508. The van der Waals surface area contributed by atoms with Crippen molar-refractivity contribution in [1.29, 1.82) is 0 Å². The predicted octanol–water partition coefficient (Wildman–Crippen LogP) is 4.86. The van der Waals surface area contributed by atoms with E-state index in [2.05, 4.69) is 29.0 Å². The fourth-order valence-corrected chi connectivity index (χ4v) is 3.92. The molecule has 1 aromatic carbocycles. The van der Waals surface area contributed by atoms with Crippen molar-refractivity contribution in [2.45, 2.75) is 26.7 Å². The van der Waals surface area contributed by atoms with Gasteiger partial charge >= 0.3 is 0 Å². The van der Waals surface area contributed by atoms with Gasteiger partial charge in [0, 0.05) is 30.2 Å². The quantitative estimate of drug-likeness (QED) is 0.458. The molecule has 7 heteroatoms. The molecule has 0 aliphatic rings. The molecular weight excluding hydrogens is 386 g/mol. The fourth-order valence-electron chi connectivity index (χ4n) is 3.60. The number of fused-ring (bicyclic) bond motifs is 3. The van der Waals surface area contributed by atoms with Crippen LogP contribution in [0, 0.1) is 0 Å². The molecule has 0 bridgehead atoms. The lowest BCUT2D eigenvalue weighted by atomic mass is 10.1. The molecule has 0 unspecified atom stereocenters. The first-order valence-corrected chi connectivity index (χ1v) is 10.2. The van der Waals surface area contributed by atoms with E-state index in [-0.39, 0.29) is 5.91 Å². The summed E-state index contributed by atoms with van der Waals surface area (Å²) >= 11 is 6.75. The van der Waals surface area contributed by atoms with Crippen LogP contribution in [-0.2, 0) is 0 Å². The predicted molar refractivity (Wildman–Crippen MR) is 115 cm³/mol. The van der Waals surface area contributed by atoms with E-state index in [9.17, 15) is 4.79 Å². The number of amides is 1. The van der Waals surface area contributed by atoms with Crippen molar-refractivity contribution in [2.24, 2.45) is 0 Å². The Labute approximate surface area is 174 Å². The molecule has 6 nitrogen and oxygen atoms in total. The molecule has 0 aliphatic heterocycles. The first-order chi connectivity index (χ1) is 14.2. The minimum absolute atomic E-state index is 0.124. The number of hydrogen-bond donors (Lipinski definition) is 0. The summed E-state index contributed by atoms with van der Waals surface area (Å²) in [6, 6.07) is 13.4. The molecule has 0 fully saturated rings. The number of pyridine rings is 2. The molecule has 0 radical (unpaired) electrons. The number of carbonyl (C=O) groups is 1. The Morgan fingerprint density at radius 1 is 1.00 bits per heavy atom. The van der Waals surface area contributed by atoms with E-state index in [0.29, 0.717) is 46.2 Å². The van der Waals surface area contributed by atoms with E-state index in [1.165, 1.54) is 0 Å². The molecule has 3 heterocycles. The molecule has 29 heavy (non-hydrogen) atoms. The third kappa shape index (κ3) is 3.34. The highest BCUT2D eigenvalue weighted by molar-refractivity contribution is 6.39. The first-order valence-electron chi connectivity index (χ1n) is 9.83. The van der Waals surface area contributed by atoms with Crippen molar-refractivity contribution in [2.75, 3.05) is 13.1 Å². The van der Waals surface area contributed by atoms with Crippen molar-refractivity contribution in [3.05, 3.63) is 59.2 Å². The molecule has 148 valence electrons. The van der Waals surface area contributed by atoms with Gasteiger partial charge in [-0.25, -0.2) is 4.98 Å². The van der Waals surface area contributed by atoms with Crippen LogP contribution in [-0.4, -0.2) is 43.5 Å². The van der Waals surface area contributed by atoms with E-state index in [1.807, 2.05) is 51.8 Å². The van der Waals surface area contributed by atoms with E-state index in [0.717, 1.165) is 18.4 Å². The number of aromatic nitrogens is 4. The third-order valence-electron chi connectivity index (χ3n) is 4.86. The molecule has 0 aliphatic carbocycles. The molecule has 0 spiro atoms. The third-order valence-corrected chi connectivity index (χ3v) is 5.25. The Kier molecular flexibility index (Phi) is 5.45. The van der Waals surface area contributed by atoms with Gasteiger partial charge in [-0.15, -0.1) is 10.2 Å². The van der Waals surface area contributed by atoms with Crippen molar-refractivity contribution in [3.63, 3.8) is 0 Å². The van der Waals surface area contributed by atoms with Crippen LogP contribution < -0.4 is 0 Å². The summed E-state index contributed by atoms with van der Waals surface area (Å²) in [4.78, 5) is 19.8. The van der Waals surface area contributed by atoms with Crippen LogP contribution in [0.15, 0.2) is 48.7 Å². The summed E-state index contributed by atoms with van der Waals surface area (Å²) in [5.41, 5.74) is 2.34. The lowest BCUT2D eigenvalue weighted by Crippen LogP contribution is -2.33. The van der Waals surface area contributed by atoms with Gasteiger partial charge in [0.15, 0.2) is 11.5 Å². The van der Waals surface area contributed by atoms with E-state index in [4.69, 9.17) is 11.6 Å². The van der Waals surface area contributed by atoms with E-state index < -0.39 is 0 Å². The van der Waals surface area contributed by atoms with Crippen LogP contribution in [0.5, 0.6) is 0 Å². The number of rotatable bonds is 6. The number of carbonyl (C=O) groups excluding carboxylic acids is 1. The second-order valence-corrected chi connectivity index (χ2v) is 7.28. The zero-order valence-corrected chi connectivity index (χ0v) is 17.2. The molecule has 0 saturated carbocycles. The molecular formula is C22H22ClN5O. The molecule has 4 rings (SSSR count). The summed E-state index contributed by atoms with van der Waals surface area (Å²) in [7, 11) is 0. The van der Waals surface area contributed by atoms with Crippen LogP contribution >= 0.6 is 11.6 Å². The van der Waals surface area contributed by atoms with Gasteiger partial charge in [-0.3, -0.25) is 9.20 Å². The Balaban J connectivity index is 2.03. The van der Waals surface area contributed by atoms with Crippen LogP contribution in [0.4, 0.5) is 0 Å². The maximum absolute atomic E-state index is 13.5. The SMILES string of the molecule is CCCN(CCC)C(=O)c1c(Cl)c2cccnc2n2c(-c3ccccc3)nnc12. The molecule has 1 amide bonds. The summed E-state index contributed by atoms with van der Waals surface area (Å²) < 4.78 is 1.83. The summed E-state index contributed by atoms with van der Waals surface area (Å²) in [6.45, 7) is 5.45. The van der Waals surface area contributed by atoms with Crippen LogP contribution in [0.25, 0.3) is 28.1 Å². The minimum Gasteiger partial charge on any atom is -0.339 e. The molecule has 3 aromatic heterocycles. The topological polar surface area (TPSA) is 63.4 Å². The lowest BCUT2D eigenvalue weighted by molar-refractivity contribution is 0.0757. The van der Waals surface area contributed by atoms with Crippen molar-refractivity contribution < 1.29 is 4.79 Å². The van der Waals surface area contributed by atoms with Crippen LogP contribution in [0.1, 0.15) is 37.0 Å². The largest absolute Gasteiger partial charge is 0.339 e. The summed E-state index contributed by atoms with van der Waals surface area (Å²) in [5, 5.41) is 9.84. The zero-order valence-electron chi connectivity index (χ0n) is 16.5. The van der Waals surface area contributed by atoms with Gasteiger partial charge in [-0.2, -0.15) is 0 Å². The zero-order chi connectivity index (χ0) is 20.4. The number of hydrogen-bond acceptors (Lipinski definition) is 4. The summed E-state index contributed by atoms with van der Waals surface area (Å²) in [6.07, 6.45) is 3.45. The van der Waals surface area contributed by atoms with Crippen molar-refractivity contribution >= 4 is 34.2 Å². The van der Waals surface area contributed by atoms with Gasteiger partial charge in [0.25, 0.3) is 5.91 Å². The van der Waals surface area contributed by atoms with Crippen molar-refractivity contribution in [1.82, 2.24) is 24.5 Å². The Bertz CT molecular complexity index is 1170. The Morgan fingerprint density at radius 3 is 2.41 bits per heavy atom. The van der Waals surface area contributed by atoms with Gasteiger partial charge in [0.05, 0.1) is 5.02 Å². The molecule has 4 aromatic rings. The monoisotopic (exact) mass is 407 g/mol. The van der Waals surface area contributed by atoms with Gasteiger partial charge in [0.1, 0.15) is 11.2 Å². The number of nitrogens with zero attached hydrogens (tertiary/aromatic N) is 5. The van der Waals surface area contributed by atoms with Crippen molar-refractivity contribution in [3.8, 4) is 11.4 Å². The van der Waals surface area contributed by atoms with Gasteiger partial charge < -0.3 is 4.90 Å². The number of halogens is 1. The highest BCUT2D eigenvalue weighted by Gasteiger charge is 2.26. The smallest absolute Gasteiger partial charge is 0.259 e.